The molecule has 0 amide bonds. The van der Waals surface area contributed by atoms with Crippen molar-refractivity contribution in [3.8, 4) is 11.5 Å². The van der Waals surface area contributed by atoms with E-state index in [0.29, 0.717) is 5.75 Å². The van der Waals surface area contributed by atoms with Crippen LogP contribution in [0.25, 0.3) is 10.9 Å². The van der Waals surface area contributed by atoms with Gasteiger partial charge in [0.05, 0.1) is 7.11 Å². The van der Waals surface area contributed by atoms with Crippen LogP contribution in [-0.4, -0.2) is 17.2 Å². The number of hydrogen-bond acceptors (Lipinski definition) is 3. The molecule has 1 aromatic carbocycles. The summed E-state index contributed by atoms with van der Waals surface area (Å²) in [6, 6.07) is 5.30. The third-order valence-electron chi connectivity index (χ3n) is 2.45. The number of methoxy groups -OCH3 is 1. The van der Waals surface area contributed by atoms with E-state index >= 15 is 0 Å². The zero-order valence-corrected chi connectivity index (χ0v) is 11.0. The van der Waals surface area contributed by atoms with E-state index < -0.39 is 0 Å². The van der Waals surface area contributed by atoms with Crippen LogP contribution in [0.4, 0.5) is 0 Å². The van der Waals surface area contributed by atoms with Gasteiger partial charge in [0, 0.05) is 11.1 Å². The highest BCUT2D eigenvalue weighted by atomic mass is 16.5. The van der Waals surface area contributed by atoms with Crippen molar-refractivity contribution in [2.24, 2.45) is 0 Å². The fourth-order valence-electron chi connectivity index (χ4n) is 1.82. The number of phenolic OH excluding ortho intramolecular Hbond substituents is 1. The highest BCUT2D eigenvalue weighted by Crippen LogP contribution is 2.33. The summed E-state index contributed by atoms with van der Waals surface area (Å²) in [6.07, 6.45) is 0. The van der Waals surface area contributed by atoms with Crippen LogP contribution in [0.1, 0.15) is 25.1 Å². The lowest BCUT2D eigenvalue weighted by atomic mass is 10.1. The Morgan fingerprint density at radius 1 is 1.18 bits per heavy atom. The quantitative estimate of drug-likeness (QED) is 0.818. The fraction of sp³-hybridized carbons (Fsp3) is 0.357. The van der Waals surface area contributed by atoms with Gasteiger partial charge in [-0.25, -0.2) is 4.98 Å². The zero-order valence-electron chi connectivity index (χ0n) is 11.0. The van der Waals surface area contributed by atoms with E-state index in [9.17, 15) is 5.11 Å². The van der Waals surface area contributed by atoms with Gasteiger partial charge < -0.3 is 9.84 Å². The molecule has 0 saturated carbocycles. The van der Waals surface area contributed by atoms with Gasteiger partial charge >= 0.3 is 0 Å². The van der Waals surface area contributed by atoms with E-state index in [1.807, 2.05) is 33.8 Å². The number of nitrogens with zero attached hydrogens (tertiary/aromatic N) is 1. The lowest BCUT2D eigenvalue weighted by Gasteiger charge is -2.09. The number of aromatic nitrogens is 1. The standard InChI is InChI=1S/C12H13NO2.C2H6/c1-7-6-8(2)13-12-10(15-3)5-4-9(14)11(7)12;1-2/h4-6,14H,1-3H3;1-2H3. The van der Waals surface area contributed by atoms with Crippen molar-refractivity contribution in [2.75, 3.05) is 7.11 Å². The molecule has 0 bridgehead atoms. The number of aryl methyl sites for hydroxylation is 2. The Labute approximate surface area is 102 Å². The van der Waals surface area contributed by atoms with Crippen molar-refractivity contribution in [1.82, 2.24) is 4.98 Å². The molecule has 0 radical (unpaired) electrons. The molecule has 17 heavy (non-hydrogen) atoms. The normalized spacial score (nSPS) is 9.71. The molecule has 0 aliphatic carbocycles. The molecule has 3 nitrogen and oxygen atoms in total. The van der Waals surface area contributed by atoms with Crippen molar-refractivity contribution in [3.05, 3.63) is 29.5 Å². The molecule has 3 heteroatoms. The van der Waals surface area contributed by atoms with Gasteiger partial charge in [-0.05, 0) is 37.6 Å². The molecule has 92 valence electrons. The van der Waals surface area contributed by atoms with E-state index in [2.05, 4.69) is 4.98 Å². The van der Waals surface area contributed by atoms with Crippen molar-refractivity contribution < 1.29 is 9.84 Å². The van der Waals surface area contributed by atoms with Crippen LogP contribution < -0.4 is 4.74 Å². The monoisotopic (exact) mass is 233 g/mol. The van der Waals surface area contributed by atoms with Crippen LogP contribution in [0.5, 0.6) is 11.5 Å². The van der Waals surface area contributed by atoms with E-state index in [4.69, 9.17) is 4.74 Å². The number of phenols is 1. The molecular formula is C14H19NO2. The highest BCUT2D eigenvalue weighted by Gasteiger charge is 2.10. The van der Waals surface area contributed by atoms with Gasteiger partial charge in [0.1, 0.15) is 17.0 Å². The number of rotatable bonds is 1. The SMILES string of the molecule is CC.COc1ccc(O)c2c(C)cc(C)nc12. The van der Waals surface area contributed by atoms with E-state index in [-0.39, 0.29) is 5.75 Å². The average molecular weight is 233 g/mol. The Balaban J connectivity index is 0.000000686. The predicted octanol–water partition coefficient (Wildman–Crippen LogP) is 3.59. The van der Waals surface area contributed by atoms with Gasteiger partial charge in [-0.15, -0.1) is 0 Å². The summed E-state index contributed by atoms with van der Waals surface area (Å²) in [5, 5.41) is 10.5. The Morgan fingerprint density at radius 3 is 2.41 bits per heavy atom. The summed E-state index contributed by atoms with van der Waals surface area (Å²) < 4.78 is 5.22. The topological polar surface area (TPSA) is 42.4 Å². The largest absolute Gasteiger partial charge is 0.507 e. The molecular weight excluding hydrogens is 214 g/mol. The Bertz CT molecular complexity index is 521. The number of ether oxygens (including phenoxy) is 1. The summed E-state index contributed by atoms with van der Waals surface area (Å²) in [5.41, 5.74) is 2.65. The number of aromatic hydroxyl groups is 1. The lowest BCUT2D eigenvalue weighted by Crippen LogP contribution is -1.92. The van der Waals surface area contributed by atoms with E-state index in [1.54, 1.807) is 19.2 Å². The number of hydrogen-bond donors (Lipinski definition) is 1. The van der Waals surface area contributed by atoms with Crippen molar-refractivity contribution in [1.29, 1.82) is 0 Å². The maximum absolute atomic E-state index is 9.77. The third kappa shape index (κ3) is 2.49. The summed E-state index contributed by atoms with van der Waals surface area (Å²) in [7, 11) is 1.60. The Morgan fingerprint density at radius 2 is 1.82 bits per heavy atom. The van der Waals surface area contributed by atoms with Gasteiger partial charge in [-0.1, -0.05) is 13.8 Å². The molecule has 0 fully saturated rings. The maximum atomic E-state index is 9.77. The van der Waals surface area contributed by atoms with E-state index in [0.717, 1.165) is 22.2 Å². The first-order valence-corrected chi connectivity index (χ1v) is 5.77. The van der Waals surface area contributed by atoms with Gasteiger partial charge in [-0.3, -0.25) is 0 Å². The minimum atomic E-state index is 0.246. The van der Waals surface area contributed by atoms with Crippen molar-refractivity contribution in [3.63, 3.8) is 0 Å². The number of benzene rings is 1. The van der Waals surface area contributed by atoms with Crippen LogP contribution in [0.3, 0.4) is 0 Å². The Hall–Kier alpha value is -1.77. The maximum Gasteiger partial charge on any atom is 0.145 e. The molecule has 2 aromatic rings. The van der Waals surface area contributed by atoms with E-state index in [1.165, 1.54) is 0 Å². The summed E-state index contributed by atoms with van der Waals surface area (Å²) in [6.45, 7) is 7.88. The molecule has 0 unspecified atom stereocenters. The first kappa shape index (κ1) is 13.3. The van der Waals surface area contributed by atoms with Crippen molar-refractivity contribution >= 4 is 10.9 Å². The molecule has 0 aliphatic heterocycles. The molecule has 0 saturated heterocycles. The minimum absolute atomic E-state index is 0.246. The second kappa shape index (κ2) is 5.53. The van der Waals surface area contributed by atoms with Gasteiger partial charge in [0.25, 0.3) is 0 Å². The fourth-order valence-corrected chi connectivity index (χ4v) is 1.82. The van der Waals surface area contributed by atoms with Crippen LogP contribution >= 0.6 is 0 Å². The third-order valence-corrected chi connectivity index (χ3v) is 2.45. The molecule has 1 N–H and O–H groups in total. The molecule has 1 heterocycles. The second-order valence-electron chi connectivity index (χ2n) is 3.59. The first-order valence-electron chi connectivity index (χ1n) is 5.77. The van der Waals surface area contributed by atoms with Crippen LogP contribution in [0.15, 0.2) is 18.2 Å². The molecule has 2 rings (SSSR count). The zero-order chi connectivity index (χ0) is 13.0. The first-order chi connectivity index (χ1) is 8.13. The molecule has 1 aromatic heterocycles. The predicted molar refractivity (Wildman–Crippen MR) is 70.8 cm³/mol. The van der Waals surface area contributed by atoms with Crippen LogP contribution in [0, 0.1) is 13.8 Å². The van der Waals surface area contributed by atoms with Gasteiger partial charge in [0.2, 0.25) is 0 Å². The molecule has 0 spiro atoms. The van der Waals surface area contributed by atoms with Crippen molar-refractivity contribution in [2.45, 2.75) is 27.7 Å². The smallest absolute Gasteiger partial charge is 0.145 e. The Kier molecular flexibility index (Phi) is 4.32. The van der Waals surface area contributed by atoms with Crippen LogP contribution in [0.2, 0.25) is 0 Å². The molecule has 0 aliphatic rings. The minimum Gasteiger partial charge on any atom is -0.507 e. The summed E-state index contributed by atoms with van der Waals surface area (Å²) in [5.74, 6) is 0.936. The molecule has 0 atom stereocenters. The summed E-state index contributed by atoms with van der Waals surface area (Å²) >= 11 is 0. The highest BCUT2D eigenvalue weighted by molar-refractivity contribution is 5.92. The van der Waals surface area contributed by atoms with Gasteiger partial charge in [0.15, 0.2) is 0 Å². The van der Waals surface area contributed by atoms with Gasteiger partial charge in [-0.2, -0.15) is 0 Å². The lowest BCUT2D eigenvalue weighted by molar-refractivity contribution is 0.417. The second-order valence-corrected chi connectivity index (χ2v) is 3.59. The van der Waals surface area contributed by atoms with Crippen LogP contribution in [-0.2, 0) is 0 Å². The number of pyridine rings is 1. The number of fused-ring (bicyclic) bond motifs is 1. The average Bonchev–Trinajstić information content (AvgIpc) is 2.31. The summed E-state index contributed by atoms with van der Waals surface area (Å²) in [4.78, 5) is 4.38.